The standard InChI is InChI=1S/C30H31N2S.C29H29N2S.2C24H20NS.C23H18NS/c1-18-10-12-24(19(2)14-18)28-30-26(20(3)17-32(28)4)27-29(33-30)25-13-11-22(15-23(25)16-31-27)21-8-6-5-7-9-21;1-17-9-11-23(18(2)13-17)27-29-25(19(3)16-31(27)4)26-28(32-29)24-12-10-21(14-22(24)15-30-26)20-7-5-6-8-20;2*1-15-8-9-17-14-22-21(13-18(17)12-15)20-10-11-25(3)23(24(20)26-22)19-7-5-4-6-16(19)2;1-15-7-3-6-10-18(15)22-23-19(11-12-24(22)2)20-13-16-8-4-5-9-17(16)14-21(20)25-23/h10-17,21H,5-9H2,1-4H3;9-16,20H,5-8H2,1-4H3;2*4-14H,1-3H3;3-14H,1-2H3/q5*+1/i1D3,3D3,21D;1D3,3D3,20D;;;. The number of aromatic nitrogens is 7. The van der Waals surface area contributed by atoms with Crippen LogP contribution in [0.4, 0.5) is 0 Å². The predicted octanol–water partition coefficient (Wildman–Crippen LogP) is 34.4. The van der Waals surface area contributed by atoms with Crippen LogP contribution in [-0.4, -0.2) is 9.97 Å². The molecular formula is C130H118N7S5+5. The summed E-state index contributed by atoms with van der Waals surface area (Å²) in [6.45, 7) is 5.56. The number of fused-ring (bicyclic) bond motifs is 22. The summed E-state index contributed by atoms with van der Waals surface area (Å²) in [5.74, 6) is -1.13. The summed E-state index contributed by atoms with van der Waals surface area (Å²) in [5, 5.41) is 21.1. The van der Waals surface area contributed by atoms with E-state index >= 15 is 0 Å². The first-order chi connectivity index (χ1) is 74.5. The fraction of sp³-hybridized carbons (Fsp3) is 0.208. The van der Waals surface area contributed by atoms with Crippen LogP contribution < -0.4 is 22.8 Å². The van der Waals surface area contributed by atoms with Crippen LogP contribution in [0.1, 0.15) is 161 Å². The van der Waals surface area contributed by atoms with Crippen LogP contribution >= 0.6 is 56.7 Å². The number of hydrogen-bond donors (Lipinski definition) is 0. The monoisotopic (exact) mass is 1950 g/mol. The maximum atomic E-state index is 9.09. The van der Waals surface area contributed by atoms with Crippen molar-refractivity contribution in [3.63, 3.8) is 0 Å². The summed E-state index contributed by atoms with van der Waals surface area (Å²) in [6.07, 6.45) is 22.4. The van der Waals surface area contributed by atoms with Gasteiger partial charge in [0, 0.05) is 140 Å². The van der Waals surface area contributed by atoms with Gasteiger partial charge in [0.2, 0.25) is 28.5 Å². The molecule has 12 heterocycles. The van der Waals surface area contributed by atoms with Gasteiger partial charge in [-0.3, -0.25) is 9.97 Å². The first kappa shape index (κ1) is 77.0. The van der Waals surface area contributed by atoms with Gasteiger partial charge in [-0.15, -0.1) is 56.7 Å². The molecule has 0 atom stereocenters. The molecule has 27 rings (SSSR count). The van der Waals surface area contributed by atoms with Crippen LogP contribution in [0.25, 0.3) is 211 Å². The average molecular weight is 1950 g/mol. The molecule has 0 saturated heterocycles. The zero-order valence-electron chi connectivity index (χ0n) is 95.9. The van der Waals surface area contributed by atoms with E-state index in [1.54, 1.807) is 42.9 Å². The minimum atomic E-state index is -2.35. The van der Waals surface area contributed by atoms with E-state index in [4.69, 9.17) is 29.2 Å². The Labute approximate surface area is 870 Å². The van der Waals surface area contributed by atoms with Crippen molar-refractivity contribution in [3.05, 3.63) is 377 Å². The molecule has 0 amide bonds. The first-order valence-corrected chi connectivity index (χ1v) is 53.1. The molecule has 7 nitrogen and oxygen atoms in total. The van der Waals surface area contributed by atoms with E-state index in [9.17, 15) is 0 Å². The number of rotatable bonds is 7. The molecule has 142 heavy (non-hydrogen) atoms. The Kier molecular flexibility index (Phi) is 20.4. The largest absolute Gasteiger partial charge is 0.254 e. The fourth-order valence-electron chi connectivity index (χ4n) is 22.1. The van der Waals surface area contributed by atoms with Crippen molar-refractivity contribution in [1.82, 2.24) is 9.97 Å². The zero-order valence-corrected chi connectivity index (χ0v) is 86.0. The van der Waals surface area contributed by atoms with Crippen LogP contribution in [0.2, 0.25) is 0 Å². The quantitative estimate of drug-likeness (QED) is 0.149. The lowest BCUT2D eigenvalue weighted by molar-refractivity contribution is -0.659. The Morgan fingerprint density at radius 3 is 0.986 bits per heavy atom. The molecule has 2 fully saturated rings. The SMILES string of the molecule is Cc1ccc2cc3sc4c(-c5ccccc5C)[n+](C)ccc4c3cc2c1.Cc1ccc2cc3sc4c(-c5ccccc5C)[n+](C)ccc4c3cc2c1.Cc1ccccc1-c1c2sc3cc4ccccc4cc3c2cc[n+]1C.[2H]C([2H])([2H])c1ccc(-c2c3sc4c5ccc(C6([2H])CCCC6)cc5cnc4c3c(C([2H])([2H])[2H])c[n+]2C)c(C)c1.[2H]C([2H])([2H])c1ccc(-c2c3sc4c5ccc(C6([2H])CCCCC6)cc5cnc4c3c(C([2H])([2H])[2H])c[n+]2C)c(C)c1. The second-order valence-corrected chi connectivity index (χ2v) is 44.2. The molecule has 0 N–H and O–H groups in total. The molecule has 2 saturated carbocycles. The molecule has 2 aliphatic rings. The minimum absolute atomic E-state index is 0.242. The third-order valence-electron chi connectivity index (χ3n) is 29.4. The Morgan fingerprint density at radius 1 is 0.261 bits per heavy atom. The molecule has 12 heteroatoms. The molecule has 13 aromatic carbocycles. The number of hydrogen-bond acceptors (Lipinski definition) is 7. The van der Waals surface area contributed by atoms with Crippen molar-refractivity contribution in [3.8, 4) is 56.3 Å². The summed E-state index contributed by atoms with van der Waals surface area (Å²) in [4.78, 5) is 9.64. The lowest BCUT2D eigenvalue weighted by Crippen LogP contribution is -2.31. The Morgan fingerprint density at radius 2 is 0.606 bits per heavy atom. The van der Waals surface area contributed by atoms with Gasteiger partial charge in [-0.05, 0) is 263 Å². The van der Waals surface area contributed by atoms with Crippen LogP contribution in [0.15, 0.2) is 304 Å². The maximum absolute atomic E-state index is 9.09. The van der Waals surface area contributed by atoms with Crippen LogP contribution in [0, 0.1) is 75.9 Å². The summed E-state index contributed by atoms with van der Waals surface area (Å²) in [5.41, 5.74) is 23.8. The summed E-state index contributed by atoms with van der Waals surface area (Å²) < 4.78 is 137. The Bertz CT molecular complexity index is 9910. The van der Waals surface area contributed by atoms with Crippen LogP contribution in [0.3, 0.4) is 0 Å². The smallest absolute Gasteiger partial charge is 0.230 e. The molecule has 0 radical (unpaired) electrons. The van der Waals surface area contributed by atoms with Crippen molar-refractivity contribution < 1.29 is 42.0 Å². The average Bonchev–Trinajstić information content (AvgIpc) is 1.56. The summed E-state index contributed by atoms with van der Waals surface area (Å²) in [7, 11) is 10.1. The molecule has 12 aromatic heterocycles. The van der Waals surface area contributed by atoms with Crippen molar-refractivity contribution >= 4 is 212 Å². The summed E-state index contributed by atoms with van der Waals surface area (Å²) in [6, 6.07) is 91.5. The van der Waals surface area contributed by atoms with Gasteiger partial charge in [0.15, 0.2) is 31.0 Å². The van der Waals surface area contributed by atoms with Gasteiger partial charge >= 0.3 is 0 Å². The topological polar surface area (TPSA) is 45.2 Å². The van der Waals surface area contributed by atoms with Crippen molar-refractivity contribution in [2.75, 3.05) is 0 Å². The molecule has 0 aliphatic heterocycles. The van der Waals surface area contributed by atoms with E-state index in [2.05, 4.69) is 306 Å². The normalized spacial score (nSPS) is 15.4. The van der Waals surface area contributed by atoms with Crippen molar-refractivity contribution in [2.24, 2.45) is 35.2 Å². The van der Waals surface area contributed by atoms with Gasteiger partial charge in [0.05, 0.1) is 48.3 Å². The Balaban J connectivity index is 0.000000107. The van der Waals surface area contributed by atoms with E-state index in [-0.39, 0.29) is 22.3 Å². The highest BCUT2D eigenvalue weighted by molar-refractivity contribution is 7.28. The maximum Gasteiger partial charge on any atom is 0.230 e. The lowest BCUT2D eigenvalue weighted by atomic mass is 9.83. The van der Waals surface area contributed by atoms with E-state index < -0.39 is 39.2 Å². The van der Waals surface area contributed by atoms with Crippen LogP contribution in [0.5, 0.6) is 0 Å². The van der Waals surface area contributed by atoms with E-state index in [1.807, 2.05) is 95.5 Å². The van der Waals surface area contributed by atoms with E-state index in [1.165, 1.54) is 184 Å². The van der Waals surface area contributed by atoms with Gasteiger partial charge in [-0.2, -0.15) is 22.8 Å². The van der Waals surface area contributed by atoms with Gasteiger partial charge in [0.1, 0.15) is 58.7 Å². The molecule has 2 aliphatic carbocycles. The number of pyridine rings is 7. The van der Waals surface area contributed by atoms with E-state index in [0.29, 0.717) is 21.8 Å². The van der Waals surface area contributed by atoms with Gasteiger partial charge < -0.3 is 0 Å². The molecule has 25 aromatic rings. The molecule has 0 unspecified atom stereocenters. The van der Waals surface area contributed by atoms with Gasteiger partial charge in [0.25, 0.3) is 0 Å². The highest BCUT2D eigenvalue weighted by Gasteiger charge is 2.31. The second kappa shape index (κ2) is 37.6. The molecule has 0 bridgehead atoms. The van der Waals surface area contributed by atoms with Crippen LogP contribution in [-0.2, 0) is 35.2 Å². The molecule has 698 valence electrons. The highest BCUT2D eigenvalue weighted by Crippen LogP contribution is 2.50. The first-order valence-electron chi connectivity index (χ1n) is 56.0. The number of benzene rings is 13. The highest BCUT2D eigenvalue weighted by atomic mass is 32.1. The molecule has 0 spiro atoms. The third-order valence-corrected chi connectivity index (χ3v) is 35.3. The third kappa shape index (κ3) is 16.7. The van der Waals surface area contributed by atoms with Gasteiger partial charge in [-0.25, -0.2) is 0 Å². The van der Waals surface area contributed by atoms with Gasteiger partial charge in [-0.1, -0.05) is 218 Å². The van der Waals surface area contributed by atoms with E-state index in [0.717, 1.165) is 136 Å². The summed E-state index contributed by atoms with van der Waals surface area (Å²) >= 11 is 8.75. The van der Waals surface area contributed by atoms with Crippen molar-refractivity contribution in [2.45, 2.75) is 145 Å². The number of aryl methyl sites for hydroxylation is 16. The second-order valence-electron chi connectivity index (χ2n) is 39.0. The zero-order chi connectivity index (χ0) is 109. The number of thiophene rings is 5. The fourth-order valence-corrected chi connectivity index (χ4v) is 28.8. The lowest BCUT2D eigenvalue weighted by Gasteiger charge is -2.22. The predicted molar refractivity (Wildman–Crippen MR) is 612 cm³/mol. The van der Waals surface area contributed by atoms with Crippen molar-refractivity contribution in [1.29, 1.82) is 0 Å². The number of nitrogens with zero attached hydrogens (tertiary/aromatic N) is 7. The molecular weight excluding hydrogens is 1820 g/mol. The minimum Gasteiger partial charge on any atom is -0.254 e. The Hall–Kier alpha value is -13.7.